The van der Waals surface area contributed by atoms with Crippen LogP contribution >= 0.6 is 0 Å². The van der Waals surface area contributed by atoms with Crippen LogP contribution < -0.4 is 4.74 Å². The van der Waals surface area contributed by atoms with Gasteiger partial charge in [-0.25, -0.2) is 4.79 Å². The minimum atomic E-state index is -0.485. The molecule has 0 aliphatic rings. The van der Waals surface area contributed by atoms with Gasteiger partial charge >= 0.3 is 5.97 Å². The normalized spacial score (nSPS) is 10.7. The highest BCUT2D eigenvalue weighted by molar-refractivity contribution is 6.10. The van der Waals surface area contributed by atoms with Gasteiger partial charge in [0.2, 0.25) is 0 Å². The fourth-order valence-electron chi connectivity index (χ4n) is 3.25. The molecule has 0 radical (unpaired) electrons. The molecule has 0 atom stereocenters. The fraction of sp³-hybridized carbons (Fsp3) is 0.0833. The smallest absolute Gasteiger partial charge is 0.340 e. The standard InChI is InChI=1S/C24H19NO4/c1-28-24(27)20-15-25(21-13-7-5-11-18(20)21)23(26)19-12-6-8-14-22(19)29-16-17-9-3-2-4-10-17/h2-15H,16H2,1H3. The number of nitrogens with zero attached hydrogens (tertiary/aromatic N) is 1. The number of ether oxygens (including phenoxy) is 2. The average Bonchev–Trinajstić information content (AvgIpc) is 3.17. The maximum atomic E-state index is 13.3. The molecule has 0 fully saturated rings. The second-order valence-electron chi connectivity index (χ2n) is 6.50. The van der Waals surface area contributed by atoms with E-state index in [9.17, 15) is 9.59 Å². The minimum absolute atomic E-state index is 0.278. The molecule has 0 amide bonds. The van der Waals surface area contributed by atoms with Crippen molar-refractivity contribution >= 4 is 22.8 Å². The van der Waals surface area contributed by atoms with Gasteiger partial charge in [-0.15, -0.1) is 0 Å². The number of fused-ring (bicyclic) bond motifs is 1. The predicted octanol–water partition coefficient (Wildman–Crippen LogP) is 4.70. The lowest BCUT2D eigenvalue weighted by Crippen LogP contribution is -2.13. The summed E-state index contributed by atoms with van der Waals surface area (Å²) in [6.07, 6.45) is 1.52. The molecule has 0 spiro atoms. The topological polar surface area (TPSA) is 57.5 Å². The third-order valence-electron chi connectivity index (χ3n) is 4.69. The second-order valence-corrected chi connectivity index (χ2v) is 6.50. The number of carbonyl (C=O) groups is 2. The SMILES string of the molecule is COC(=O)c1cn(C(=O)c2ccccc2OCc2ccccc2)c2ccccc12. The van der Waals surface area contributed by atoms with Gasteiger partial charge in [0.15, 0.2) is 0 Å². The Hall–Kier alpha value is -3.86. The molecule has 5 nitrogen and oxygen atoms in total. The highest BCUT2D eigenvalue weighted by Crippen LogP contribution is 2.26. The molecule has 4 aromatic rings. The van der Waals surface area contributed by atoms with Crippen LogP contribution in [0.3, 0.4) is 0 Å². The molecule has 0 unspecified atom stereocenters. The molecule has 0 saturated carbocycles. The minimum Gasteiger partial charge on any atom is -0.488 e. The van der Waals surface area contributed by atoms with Crippen LogP contribution in [-0.2, 0) is 11.3 Å². The molecule has 1 heterocycles. The lowest BCUT2D eigenvalue weighted by Gasteiger charge is -2.12. The molecule has 0 aliphatic carbocycles. The number of esters is 1. The van der Waals surface area contributed by atoms with Gasteiger partial charge in [-0.1, -0.05) is 60.7 Å². The molecule has 5 heteroatoms. The van der Waals surface area contributed by atoms with Crippen molar-refractivity contribution in [3.05, 3.63) is 102 Å². The summed E-state index contributed by atoms with van der Waals surface area (Å²) in [4.78, 5) is 25.5. The van der Waals surface area contributed by atoms with Gasteiger partial charge in [-0.3, -0.25) is 9.36 Å². The van der Waals surface area contributed by atoms with E-state index in [0.29, 0.717) is 34.4 Å². The van der Waals surface area contributed by atoms with Crippen molar-refractivity contribution in [3.63, 3.8) is 0 Å². The van der Waals surface area contributed by atoms with E-state index < -0.39 is 5.97 Å². The first-order valence-electron chi connectivity index (χ1n) is 9.18. The molecular weight excluding hydrogens is 366 g/mol. The average molecular weight is 385 g/mol. The van der Waals surface area contributed by atoms with E-state index in [0.717, 1.165) is 5.56 Å². The predicted molar refractivity (Wildman–Crippen MR) is 110 cm³/mol. The molecule has 1 aromatic heterocycles. The van der Waals surface area contributed by atoms with Gasteiger partial charge in [0.1, 0.15) is 12.4 Å². The molecular formula is C24H19NO4. The van der Waals surface area contributed by atoms with Gasteiger partial charge in [-0.2, -0.15) is 0 Å². The number of methoxy groups -OCH3 is 1. The van der Waals surface area contributed by atoms with Crippen molar-refractivity contribution in [1.29, 1.82) is 0 Å². The summed E-state index contributed by atoms with van der Waals surface area (Å²) < 4.78 is 12.3. The van der Waals surface area contributed by atoms with Crippen LogP contribution in [-0.4, -0.2) is 23.6 Å². The number of para-hydroxylation sites is 2. The van der Waals surface area contributed by atoms with Crippen LogP contribution in [0.15, 0.2) is 85.1 Å². The summed E-state index contributed by atoms with van der Waals surface area (Å²) in [6.45, 7) is 0.352. The van der Waals surface area contributed by atoms with Crippen molar-refractivity contribution in [3.8, 4) is 5.75 Å². The monoisotopic (exact) mass is 385 g/mol. The van der Waals surface area contributed by atoms with E-state index in [2.05, 4.69) is 0 Å². The summed E-state index contributed by atoms with van der Waals surface area (Å²) in [5.74, 6) is -0.278. The lowest BCUT2D eigenvalue weighted by molar-refractivity contribution is 0.0603. The lowest BCUT2D eigenvalue weighted by atomic mass is 10.1. The molecule has 3 aromatic carbocycles. The first-order valence-corrected chi connectivity index (χ1v) is 9.18. The fourth-order valence-corrected chi connectivity index (χ4v) is 3.25. The molecule has 0 saturated heterocycles. The summed E-state index contributed by atoms with van der Waals surface area (Å²) in [7, 11) is 1.32. The Morgan fingerprint density at radius 2 is 1.52 bits per heavy atom. The first kappa shape index (κ1) is 18.5. The van der Waals surface area contributed by atoms with Crippen LogP contribution in [0.2, 0.25) is 0 Å². The van der Waals surface area contributed by atoms with Crippen molar-refractivity contribution in [2.45, 2.75) is 6.61 Å². The summed E-state index contributed by atoms with van der Waals surface area (Å²) in [5.41, 5.74) is 2.41. The number of hydrogen-bond acceptors (Lipinski definition) is 4. The number of rotatable bonds is 5. The Labute approximate surface area is 168 Å². The summed E-state index contributed by atoms with van der Waals surface area (Å²) >= 11 is 0. The van der Waals surface area contributed by atoms with Gasteiger partial charge in [0.05, 0.1) is 23.8 Å². The van der Waals surface area contributed by atoms with Gasteiger partial charge in [-0.05, 0) is 23.8 Å². The van der Waals surface area contributed by atoms with E-state index in [1.807, 2.05) is 48.5 Å². The quantitative estimate of drug-likeness (QED) is 0.468. The Kier molecular flexibility index (Phi) is 5.12. The second kappa shape index (κ2) is 8.02. The molecule has 0 bridgehead atoms. The number of aromatic nitrogens is 1. The first-order chi connectivity index (χ1) is 14.2. The van der Waals surface area contributed by atoms with E-state index in [1.54, 1.807) is 30.3 Å². The van der Waals surface area contributed by atoms with Crippen LogP contribution in [0.4, 0.5) is 0 Å². The zero-order valence-electron chi connectivity index (χ0n) is 15.9. The number of hydrogen-bond donors (Lipinski definition) is 0. The zero-order valence-corrected chi connectivity index (χ0v) is 15.9. The summed E-state index contributed by atoms with van der Waals surface area (Å²) in [5, 5.41) is 0.662. The third kappa shape index (κ3) is 3.62. The van der Waals surface area contributed by atoms with Crippen LogP contribution in [0.5, 0.6) is 5.75 Å². The Bertz CT molecular complexity index is 1180. The molecule has 0 aliphatic heterocycles. The van der Waals surface area contributed by atoms with Gasteiger partial charge in [0, 0.05) is 11.6 Å². The number of carbonyl (C=O) groups excluding carboxylic acids is 2. The van der Waals surface area contributed by atoms with Crippen molar-refractivity contribution in [2.75, 3.05) is 7.11 Å². The Morgan fingerprint density at radius 1 is 0.828 bits per heavy atom. The number of benzene rings is 3. The van der Waals surface area contributed by atoms with Crippen LogP contribution in [0, 0.1) is 0 Å². The summed E-state index contributed by atoms with van der Waals surface area (Å²) in [6, 6.07) is 24.1. The molecule has 144 valence electrons. The van der Waals surface area contributed by atoms with E-state index in [1.165, 1.54) is 17.9 Å². The third-order valence-corrected chi connectivity index (χ3v) is 4.69. The molecule has 0 N–H and O–H groups in total. The van der Waals surface area contributed by atoms with E-state index in [4.69, 9.17) is 9.47 Å². The Balaban J connectivity index is 1.71. The highest BCUT2D eigenvalue weighted by Gasteiger charge is 2.21. The maximum absolute atomic E-state index is 13.3. The van der Waals surface area contributed by atoms with E-state index >= 15 is 0 Å². The van der Waals surface area contributed by atoms with Crippen LogP contribution in [0.1, 0.15) is 26.3 Å². The van der Waals surface area contributed by atoms with Crippen molar-refractivity contribution in [2.24, 2.45) is 0 Å². The van der Waals surface area contributed by atoms with Gasteiger partial charge in [0.25, 0.3) is 5.91 Å². The van der Waals surface area contributed by atoms with E-state index in [-0.39, 0.29) is 5.91 Å². The molecule has 29 heavy (non-hydrogen) atoms. The van der Waals surface area contributed by atoms with Crippen molar-refractivity contribution < 1.29 is 19.1 Å². The van der Waals surface area contributed by atoms with Gasteiger partial charge < -0.3 is 9.47 Å². The highest BCUT2D eigenvalue weighted by atomic mass is 16.5. The zero-order chi connectivity index (χ0) is 20.2. The Morgan fingerprint density at radius 3 is 2.31 bits per heavy atom. The molecule has 4 rings (SSSR count). The van der Waals surface area contributed by atoms with Crippen molar-refractivity contribution in [1.82, 2.24) is 4.57 Å². The maximum Gasteiger partial charge on any atom is 0.340 e. The largest absolute Gasteiger partial charge is 0.488 e. The van der Waals surface area contributed by atoms with Crippen LogP contribution in [0.25, 0.3) is 10.9 Å².